The van der Waals surface area contributed by atoms with Crippen molar-refractivity contribution in [2.75, 3.05) is 11.9 Å². The Kier molecular flexibility index (Phi) is 4.99. The molecule has 21 heavy (non-hydrogen) atoms. The third kappa shape index (κ3) is 4.53. The van der Waals surface area contributed by atoms with Gasteiger partial charge >= 0.3 is 6.18 Å². The number of aromatic nitrogens is 3. The van der Waals surface area contributed by atoms with Gasteiger partial charge in [0.15, 0.2) is 0 Å². The van der Waals surface area contributed by atoms with E-state index < -0.39 is 18.3 Å². The molecule has 0 saturated heterocycles. The fourth-order valence-electron chi connectivity index (χ4n) is 1.55. The number of thiazole rings is 1. The van der Waals surface area contributed by atoms with Crippen LogP contribution < -0.4 is 10.9 Å². The van der Waals surface area contributed by atoms with Gasteiger partial charge in [0.1, 0.15) is 11.0 Å². The first-order valence-electron chi connectivity index (χ1n) is 5.81. The highest BCUT2D eigenvalue weighted by Crippen LogP contribution is 2.19. The molecular weight excluding hydrogens is 373 g/mol. The van der Waals surface area contributed by atoms with Crippen LogP contribution in [0.1, 0.15) is 5.01 Å². The summed E-state index contributed by atoms with van der Waals surface area (Å²) in [5, 5.41) is 9.24. The molecule has 0 bridgehead atoms. The summed E-state index contributed by atoms with van der Waals surface area (Å²) in [7, 11) is 0. The number of hydrogen-bond acceptors (Lipinski definition) is 5. The van der Waals surface area contributed by atoms with Crippen molar-refractivity contribution in [1.82, 2.24) is 14.8 Å². The molecule has 0 aliphatic rings. The van der Waals surface area contributed by atoms with Crippen molar-refractivity contribution < 1.29 is 13.2 Å². The van der Waals surface area contributed by atoms with E-state index in [1.54, 1.807) is 6.20 Å². The van der Waals surface area contributed by atoms with E-state index in [2.05, 4.69) is 31.3 Å². The van der Waals surface area contributed by atoms with E-state index in [1.165, 1.54) is 17.5 Å². The molecule has 2 aromatic heterocycles. The summed E-state index contributed by atoms with van der Waals surface area (Å²) >= 11 is 4.51. The van der Waals surface area contributed by atoms with Crippen molar-refractivity contribution in [2.45, 2.75) is 19.1 Å². The third-order valence-corrected chi connectivity index (χ3v) is 4.06. The van der Waals surface area contributed by atoms with Gasteiger partial charge in [-0.3, -0.25) is 4.79 Å². The van der Waals surface area contributed by atoms with E-state index in [-0.39, 0.29) is 4.47 Å². The van der Waals surface area contributed by atoms with Crippen LogP contribution in [0.4, 0.5) is 18.9 Å². The lowest BCUT2D eigenvalue weighted by molar-refractivity contribution is -0.143. The van der Waals surface area contributed by atoms with Crippen molar-refractivity contribution in [1.29, 1.82) is 0 Å². The molecule has 2 aromatic rings. The zero-order valence-corrected chi connectivity index (χ0v) is 12.9. The number of nitrogens with zero attached hydrogens (tertiary/aromatic N) is 3. The molecule has 1 N–H and O–H groups in total. The molecule has 2 heterocycles. The quantitative estimate of drug-likeness (QED) is 0.863. The van der Waals surface area contributed by atoms with Crippen LogP contribution >= 0.6 is 27.3 Å². The van der Waals surface area contributed by atoms with Crippen LogP contribution in [0.2, 0.25) is 0 Å². The van der Waals surface area contributed by atoms with Crippen LogP contribution in [-0.2, 0) is 13.0 Å². The molecule has 10 heteroatoms. The highest BCUT2D eigenvalue weighted by molar-refractivity contribution is 9.10. The topological polar surface area (TPSA) is 59.8 Å². The minimum absolute atomic E-state index is 0.0286. The molecule has 0 unspecified atom stereocenters. The standard InChI is InChI=1S/C11H10BrF3N4OS/c12-9-7(16-2-1-8-17-3-4-21-8)5-18-19(10(9)20)6-11(13,14)15/h3-5,16H,1-2,6H2. The molecule has 0 aliphatic heterocycles. The molecule has 0 fully saturated rings. The van der Waals surface area contributed by atoms with Crippen LogP contribution in [-0.4, -0.2) is 27.5 Å². The molecule has 0 amide bonds. The van der Waals surface area contributed by atoms with Crippen molar-refractivity contribution in [3.05, 3.63) is 37.6 Å². The van der Waals surface area contributed by atoms with Crippen LogP contribution in [0.25, 0.3) is 0 Å². The first kappa shape index (κ1) is 16.0. The molecule has 2 rings (SSSR count). The van der Waals surface area contributed by atoms with Gasteiger partial charge in [-0.25, -0.2) is 9.67 Å². The SMILES string of the molecule is O=c1c(Br)c(NCCc2nccs2)cnn1CC(F)(F)F. The van der Waals surface area contributed by atoms with E-state index in [0.717, 1.165) is 5.01 Å². The molecule has 0 radical (unpaired) electrons. The van der Waals surface area contributed by atoms with Crippen molar-refractivity contribution in [3.8, 4) is 0 Å². The molecule has 5 nitrogen and oxygen atoms in total. The van der Waals surface area contributed by atoms with Crippen molar-refractivity contribution in [3.63, 3.8) is 0 Å². The summed E-state index contributed by atoms with van der Waals surface area (Å²) < 4.78 is 37.2. The van der Waals surface area contributed by atoms with Gasteiger partial charge in [0, 0.05) is 24.5 Å². The Hall–Kier alpha value is -1.42. The number of hydrogen-bond donors (Lipinski definition) is 1. The smallest absolute Gasteiger partial charge is 0.382 e. The first-order valence-corrected chi connectivity index (χ1v) is 7.49. The highest BCUT2D eigenvalue weighted by Gasteiger charge is 2.29. The molecule has 0 spiro atoms. The predicted molar refractivity (Wildman–Crippen MR) is 76.6 cm³/mol. The number of halogens is 4. The van der Waals surface area contributed by atoms with Gasteiger partial charge in [0.05, 0.1) is 16.9 Å². The van der Waals surface area contributed by atoms with E-state index >= 15 is 0 Å². The fourth-order valence-corrected chi connectivity index (χ4v) is 2.62. The summed E-state index contributed by atoms with van der Waals surface area (Å²) in [5.74, 6) is 0. The van der Waals surface area contributed by atoms with Gasteiger partial charge in [-0.2, -0.15) is 18.3 Å². The summed E-state index contributed by atoms with van der Waals surface area (Å²) in [4.78, 5) is 15.9. The first-order chi connectivity index (χ1) is 9.87. The van der Waals surface area contributed by atoms with Gasteiger partial charge in [-0.1, -0.05) is 0 Å². The van der Waals surface area contributed by atoms with Gasteiger partial charge in [0.25, 0.3) is 5.56 Å². The Morgan fingerprint density at radius 3 is 2.81 bits per heavy atom. The molecule has 114 valence electrons. The number of nitrogens with one attached hydrogen (secondary N) is 1. The second-order valence-electron chi connectivity index (χ2n) is 4.05. The molecular formula is C11H10BrF3N4OS. The Bertz CT molecular complexity index is 656. The second kappa shape index (κ2) is 6.56. The van der Waals surface area contributed by atoms with Crippen LogP contribution in [0.3, 0.4) is 0 Å². The van der Waals surface area contributed by atoms with E-state index in [9.17, 15) is 18.0 Å². The van der Waals surface area contributed by atoms with Crippen LogP contribution in [0.5, 0.6) is 0 Å². The monoisotopic (exact) mass is 382 g/mol. The van der Waals surface area contributed by atoms with Gasteiger partial charge in [0.2, 0.25) is 0 Å². The Labute approximate surface area is 130 Å². The molecule has 0 aliphatic carbocycles. The largest absolute Gasteiger partial charge is 0.408 e. The normalized spacial score (nSPS) is 11.6. The summed E-state index contributed by atoms with van der Waals surface area (Å²) in [6.45, 7) is -0.916. The van der Waals surface area contributed by atoms with Gasteiger partial charge in [-0.05, 0) is 15.9 Å². The summed E-state index contributed by atoms with van der Waals surface area (Å²) in [6, 6.07) is 0. The van der Waals surface area contributed by atoms with Gasteiger partial charge in [-0.15, -0.1) is 11.3 Å². The highest BCUT2D eigenvalue weighted by atomic mass is 79.9. The van der Waals surface area contributed by atoms with Crippen molar-refractivity contribution in [2.24, 2.45) is 0 Å². The molecule has 0 saturated carbocycles. The van der Waals surface area contributed by atoms with E-state index in [4.69, 9.17) is 0 Å². The molecule has 0 aromatic carbocycles. The Morgan fingerprint density at radius 1 is 1.43 bits per heavy atom. The summed E-state index contributed by atoms with van der Waals surface area (Å²) in [5.41, 5.74) is -0.471. The second-order valence-corrected chi connectivity index (χ2v) is 5.82. The number of rotatable bonds is 5. The summed E-state index contributed by atoms with van der Waals surface area (Å²) in [6.07, 6.45) is -0.958. The Morgan fingerprint density at radius 2 is 2.19 bits per heavy atom. The zero-order chi connectivity index (χ0) is 15.5. The number of anilines is 1. The fraction of sp³-hybridized carbons (Fsp3) is 0.364. The van der Waals surface area contributed by atoms with E-state index in [1.807, 2.05) is 5.38 Å². The lowest BCUT2D eigenvalue weighted by atomic mass is 10.4. The third-order valence-electron chi connectivity index (χ3n) is 2.45. The minimum atomic E-state index is -4.49. The van der Waals surface area contributed by atoms with Crippen molar-refractivity contribution >= 4 is 33.0 Å². The van der Waals surface area contributed by atoms with Crippen LogP contribution in [0.15, 0.2) is 27.0 Å². The predicted octanol–water partition coefficient (Wildman–Crippen LogP) is 2.68. The molecule has 0 atom stereocenters. The van der Waals surface area contributed by atoms with Gasteiger partial charge < -0.3 is 5.32 Å². The Balaban J connectivity index is 2.04. The maximum atomic E-state index is 12.3. The van der Waals surface area contributed by atoms with E-state index in [0.29, 0.717) is 23.3 Å². The number of alkyl halides is 3. The minimum Gasteiger partial charge on any atom is -0.382 e. The lowest BCUT2D eigenvalue weighted by Crippen LogP contribution is -2.31. The maximum Gasteiger partial charge on any atom is 0.408 e. The average molecular weight is 383 g/mol. The maximum absolute atomic E-state index is 12.3. The zero-order valence-electron chi connectivity index (χ0n) is 10.5. The average Bonchev–Trinajstić information content (AvgIpc) is 2.89. The van der Waals surface area contributed by atoms with Crippen LogP contribution in [0, 0.1) is 0 Å². The lowest BCUT2D eigenvalue weighted by Gasteiger charge is -2.11.